The minimum Gasteiger partial charge on any atom is -0.332 e. The molecule has 1 heterocycles. The standard InChI is InChI=1S/C20H24ClN3O2S2/c1-14-9-10-18(19(13-14)28(25,26)24-11-4-3-5-12-24)23-20(27)22-17-8-6-7-16(21)15(17)2/h6-10,13H,3-5,11-12H2,1-2H3,(H2,22,23,27). The molecule has 2 aromatic carbocycles. The first-order chi connectivity index (χ1) is 13.3. The molecule has 1 saturated heterocycles. The van der Waals surface area contributed by atoms with Gasteiger partial charge in [-0.2, -0.15) is 4.31 Å². The molecule has 5 nitrogen and oxygen atoms in total. The van der Waals surface area contributed by atoms with Gasteiger partial charge < -0.3 is 10.6 Å². The highest BCUT2D eigenvalue weighted by Crippen LogP contribution is 2.29. The number of thiocarbonyl (C=S) groups is 1. The number of halogens is 1. The normalized spacial score (nSPS) is 15.2. The molecule has 2 N–H and O–H groups in total. The smallest absolute Gasteiger partial charge is 0.245 e. The lowest BCUT2D eigenvalue weighted by atomic mass is 10.2. The molecule has 2 aromatic rings. The molecule has 0 saturated carbocycles. The van der Waals surface area contributed by atoms with Crippen molar-refractivity contribution in [1.82, 2.24) is 4.31 Å². The maximum Gasteiger partial charge on any atom is 0.245 e. The molecular formula is C20H24ClN3O2S2. The van der Waals surface area contributed by atoms with E-state index in [9.17, 15) is 8.42 Å². The van der Waals surface area contributed by atoms with Crippen LogP contribution in [0.4, 0.5) is 11.4 Å². The number of rotatable bonds is 4. The van der Waals surface area contributed by atoms with E-state index < -0.39 is 10.0 Å². The van der Waals surface area contributed by atoms with Gasteiger partial charge in [-0.05, 0) is 74.3 Å². The van der Waals surface area contributed by atoms with E-state index in [1.807, 2.05) is 38.1 Å². The Bertz CT molecular complexity index is 987. The van der Waals surface area contributed by atoms with Crippen molar-refractivity contribution in [2.24, 2.45) is 0 Å². The Hall–Kier alpha value is -1.67. The van der Waals surface area contributed by atoms with Crippen LogP contribution in [0.25, 0.3) is 0 Å². The molecular weight excluding hydrogens is 414 g/mol. The molecule has 0 bridgehead atoms. The summed E-state index contributed by atoms with van der Waals surface area (Å²) >= 11 is 11.6. The first-order valence-corrected chi connectivity index (χ1v) is 11.5. The summed E-state index contributed by atoms with van der Waals surface area (Å²) in [6, 6.07) is 10.8. The van der Waals surface area contributed by atoms with Crippen LogP contribution in [0.3, 0.4) is 0 Å². The summed E-state index contributed by atoms with van der Waals surface area (Å²) in [4.78, 5) is 0.251. The molecule has 0 atom stereocenters. The van der Waals surface area contributed by atoms with Crippen molar-refractivity contribution in [3.05, 3.63) is 52.5 Å². The first kappa shape index (κ1) is 21.0. The van der Waals surface area contributed by atoms with Crippen LogP contribution in [0, 0.1) is 13.8 Å². The Morgan fingerprint density at radius 2 is 1.71 bits per heavy atom. The fourth-order valence-corrected chi connectivity index (χ4v) is 5.35. The van der Waals surface area contributed by atoms with Gasteiger partial charge in [-0.25, -0.2) is 8.42 Å². The first-order valence-electron chi connectivity index (χ1n) is 9.23. The van der Waals surface area contributed by atoms with Crippen molar-refractivity contribution >= 4 is 50.3 Å². The number of anilines is 2. The maximum atomic E-state index is 13.2. The third-order valence-electron chi connectivity index (χ3n) is 4.83. The molecule has 1 aliphatic heterocycles. The van der Waals surface area contributed by atoms with E-state index in [1.165, 1.54) is 0 Å². The minimum atomic E-state index is -3.59. The molecule has 28 heavy (non-hydrogen) atoms. The zero-order valence-corrected chi connectivity index (χ0v) is 18.3. The zero-order chi connectivity index (χ0) is 20.3. The summed E-state index contributed by atoms with van der Waals surface area (Å²) in [7, 11) is -3.59. The summed E-state index contributed by atoms with van der Waals surface area (Å²) in [5, 5.41) is 7.09. The molecule has 0 radical (unpaired) electrons. The van der Waals surface area contributed by atoms with Crippen LogP contribution in [0.5, 0.6) is 0 Å². The number of hydrogen-bond acceptors (Lipinski definition) is 3. The third kappa shape index (κ3) is 4.66. The van der Waals surface area contributed by atoms with Crippen LogP contribution in [0.15, 0.2) is 41.3 Å². The summed E-state index contributed by atoms with van der Waals surface area (Å²) in [6.07, 6.45) is 2.85. The van der Waals surface area contributed by atoms with Crippen LogP contribution < -0.4 is 10.6 Å². The molecule has 0 aromatic heterocycles. The summed E-state index contributed by atoms with van der Waals surface area (Å²) in [5.41, 5.74) is 3.00. The van der Waals surface area contributed by atoms with Crippen molar-refractivity contribution in [1.29, 1.82) is 0 Å². The Morgan fingerprint density at radius 1 is 1.04 bits per heavy atom. The monoisotopic (exact) mass is 437 g/mol. The van der Waals surface area contributed by atoms with Gasteiger partial charge in [-0.15, -0.1) is 0 Å². The molecule has 0 unspecified atom stereocenters. The predicted molar refractivity (Wildman–Crippen MR) is 120 cm³/mol. The van der Waals surface area contributed by atoms with E-state index >= 15 is 0 Å². The number of nitrogens with one attached hydrogen (secondary N) is 2. The lowest BCUT2D eigenvalue weighted by Gasteiger charge is -2.27. The lowest BCUT2D eigenvalue weighted by molar-refractivity contribution is 0.347. The second-order valence-corrected chi connectivity index (χ2v) is 9.68. The molecule has 1 fully saturated rings. The van der Waals surface area contributed by atoms with Crippen molar-refractivity contribution in [2.75, 3.05) is 23.7 Å². The average Bonchev–Trinajstić information content (AvgIpc) is 2.67. The van der Waals surface area contributed by atoms with Crippen molar-refractivity contribution in [3.8, 4) is 0 Å². The Balaban J connectivity index is 1.86. The second kappa shape index (κ2) is 8.78. The van der Waals surface area contributed by atoms with E-state index in [-0.39, 0.29) is 4.90 Å². The Labute approximate surface area is 177 Å². The topological polar surface area (TPSA) is 61.4 Å². The summed E-state index contributed by atoms with van der Waals surface area (Å²) in [5.74, 6) is 0. The van der Waals surface area contributed by atoms with Crippen LogP contribution in [0.2, 0.25) is 5.02 Å². The van der Waals surface area contributed by atoms with Gasteiger partial charge in [-0.1, -0.05) is 30.2 Å². The molecule has 8 heteroatoms. The number of benzene rings is 2. The Kier molecular flexibility index (Phi) is 6.60. The van der Waals surface area contributed by atoms with E-state index in [4.69, 9.17) is 23.8 Å². The lowest BCUT2D eigenvalue weighted by Crippen LogP contribution is -2.36. The summed E-state index contributed by atoms with van der Waals surface area (Å²) < 4.78 is 28.0. The maximum absolute atomic E-state index is 13.2. The van der Waals surface area contributed by atoms with Gasteiger partial charge in [0.05, 0.1) is 5.69 Å². The second-order valence-electron chi connectivity index (χ2n) is 6.96. The highest BCUT2D eigenvalue weighted by molar-refractivity contribution is 7.89. The van der Waals surface area contributed by atoms with E-state index in [1.54, 1.807) is 16.4 Å². The SMILES string of the molecule is Cc1ccc(NC(=S)Nc2cccc(Cl)c2C)c(S(=O)(=O)N2CCCCC2)c1. The van der Waals surface area contributed by atoms with Crippen molar-refractivity contribution in [2.45, 2.75) is 38.0 Å². The van der Waals surface area contributed by atoms with Crippen molar-refractivity contribution < 1.29 is 8.42 Å². The van der Waals surface area contributed by atoms with E-state index in [0.717, 1.165) is 36.1 Å². The highest BCUT2D eigenvalue weighted by Gasteiger charge is 2.28. The molecule has 0 amide bonds. The minimum absolute atomic E-state index is 0.251. The van der Waals surface area contributed by atoms with Gasteiger partial charge in [0.15, 0.2) is 5.11 Å². The number of piperidine rings is 1. The van der Waals surface area contributed by atoms with Crippen LogP contribution >= 0.6 is 23.8 Å². The van der Waals surface area contributed by atoms with Gasteiger partial charge in [0.25, 0.3) is 0 Å². The average molecular weight is 438 g/mol. The number of sulfonamides is 1. The third-order valence-corrected chi connectivity index (χ3v) is 7.39. The highest BCUT2D eigenvalue weighted by atomic mass is 35.5. The van der Waals surface area contributed by atoms with E-state index in [0.29, 0.717) is 28.9 Å². The number of nitrogens with zero attached hydrogens (tertiary/aromatic N) is 1. The van der Waals surface area contributed by atoms with Gasteiger partial charge in [0, 0.05) is 23.8 Å². The quantitative estimate of drug-likeness (QED) is 0.663. The fraction of sp³-hybridized carbons (Fsp3) is 0.350. The number of aryl methyl sites for hydroxylation is 1. The van der Waals surface area contributed by atoms with E-state index in [2.05, 4.69) is 10.6 Å². The largest absolute Gasteiger partial charge is 0.332 e. The van der Waals surface area contributed by atoms with Gasteiger partial charge >= 0.3 is 0 Å². The van der Waals surface area contributed by atoms with Crippen LogP contribution in [0.1, 0.15) is 30.4 Å². The molecule has 3 rings (SSSR count). The van der Waals surface area contributed by atoms with Gasteiger partial charge in [0.1, 0.15) is 4.90 Å². The molecule has 0 aliphatic carbocycles. The molecule has 1 aliphatic rings. The fourth-order valence-electron chi connectivity index (χ4n) is 3.21. The molecule has 0 spiro atoms. The van der Waals surface area contributed by atoms with Crippen molar-refractivity contribution in [3.63, 3.8) is 0 Å². The van der Waals surface area contributed by atoms with Crippen LogP contribution in [-0.4, -0.2) is 30.9 Å². The number of hydrogen-bond donors (Lipinski definition) is 2. The predicted octanol–water partition coefficient (Wildman–Crippen LogP) is 4.94. The van der Waals surface area contributed by atoms with Gasteiger partial charge in [0.2, 0.25) is 10.0 Å². The van der Waals surface area contributed by atoms with Crippen LogP contribution in [-0.2, 0) is 10.0 Å². The zero-order valence-electron chi connectivity index (χ0n) is 16.0. The molecule has 150 valence electrons. The summed E-state index contributed by atoms with van der Waals surface area (Å²) in [6.45, 7) is 4.89. The Morgan fingerprint density at radius 3 is 2.43 bits per heavy atom. The van der Waals surface area contributed by atoms with Gasteiger partial charge in [-0.3, -0.25) is 0 Å².